The fourth-order valence-electron chi connectivity index (χ4n) is 3.08. The maximum atomic E-state index is 10.6. The van der Waals surface area contributed by atoms with Gasteiger partial charge in [0.2, 0.25) is 0 Å². The van der Waals surface area contributed by atoms with Crippen LogP contribution in [0.5, 0.6) is 0 Å². The maximum absolute atomic E-state index is 10.6. The monoisotopic (exact) mass is 292 g/mol. The van der Waals surface area contributed by atoms with E-state index in [1.807, 2.05) is 0 Å². The lowest BCUT2D eigenvalue weighted by Gasteiger charge is -2.40. The Morgan fingerprint density at radius 2 is 1.90 bits per heavy atom. The first-order valence-corrected chi connectivity index (χ1v) is 7.41. The molecule has 0 spiro atoms. The second kappa shape index (κ2) is 6.36. The molecule has 2 aliphatic heterocycles. The van der Waals surface area contributed by atoms with Gasteiger partial charge in [-0.25, -0.2) is 4.98 Å². The van der Waals surface area contributed by atoms with Crippen LogP contribution < -0.4 is 4.90 Å². The lowest BCUT2D eigenvalue weighted by molar-refractivity contribution is -0.385. The Kier molecular flexibility index (Phi) is 4.31. The number of aromatic nitrogens is 1. The smallest absolute Gasteiger partial charge is 0.287 e. The Balaban J connectivity index is 1.56. The molecule has 0 saturated carbocycles. The first kappa shape index (κ1) is 14.2. The van der Waals surface area contributed by atoms with E-state index < -0.39 is 4.92 Å². The van der Waals surface area contributed by atoms with Gasteiger partial charge in [-0.2, -0.15) is 0 Å². The van der Waals surface area contributed by atoms with Gasteiger partial charge in [0.05, 0.1) is 18.1 Å². The Bertz CT molecular complexity index is 479. The number of hydrogen-bond acceptors (Lipinski definition) is 6. The van der Waals surface area contributed by atoms with Crippen LogP contribution in [-0.2, 0) is 4.74 Å². The summed E-state index contributed by atoms with van der Waals surface area (Å²) < 4.78 is 5.39. The molecule has 2 fully saturated rings. The summed E-state index contributed by atoms with van der Waals surface area (Å²) in [7, 11) is 0. The second-order valence-electron chi connectivity index (χ2n) is 5.50. The highest BCUT2D eigenvalue weighted by molar-refractivity contribution is 5.43. The average Bonchev–Trinajstić information content (AvgIpc) is 2.56. The van der Waals surface area contributed by atoms with Crippen LogP contribution in [0.25, 0.3) is 0 Å². The summed E-state index contributed by atoms with van der Waals surface area (Å²) in [5.74, 6) is 0.834. The van der Waals surface area contributed by atoms with Crippen molar-refractivity contribution >= 4 is 11.5 Å². The van der Waals surface area contributed by atoms with E-state index in [9.17, 15) is 10.1 Å². The average molecular weight is 292 g/mol. The summed E-state index contributed by atoms with van der Waals surface area (Å²) in [6.45, 7) is 5.63. The normalized spacial score (nSPS) is 21.4. The maximum Gasteiger partial charge on any atom is 0.287 e. The van der Waals surface area contributed by atoms with Crippen LogP contribution in [0.15, 0.2) is 18.3 Å². The fourth-order valence-corrected chi connectivity index (χ4v) is 3.08. The molecule has 2 saturated heterocycles. The SMILES string of the molecule is O=[N+]([O-])c1ccc(N2CCC(N3CCOCC3)CC2)nc1. The number of pyridine rings is 1. The number of ether oxygens (including phenoxy) is 1. The number of piperidine rings is 1. The zero-order valence-electron chi connectivity index (χ0n) is 12.0. The van der Waals surface area contributed by atoms with Crippen molar-refractivity contribution in [2.75, 3.05) is 44.3 Å². The van der Waals surface area contributed by atoms with Crippen LogP contribution in [0.1, 0.15) is 12.8 Å². The first-order chi connectivity index (χ1) is 10.2. The molecule has 0 aromatic carbocycles. The molecule has 0 atom stereocenters. The third-order valence-corrected chi connectivity index (χ3v) is 4.29. The molecule has 3 rings (SSSR count). The van der Waals surface area contributed by atoms with Gasteiger partial charge < -0.3 is 9.64 Å². The van der Waals surface area contributed by atoms with Gasteiger partial charge in [0, 0.05) is 38.3 Å². The van der Waals surface area contributed by atoms with E-state index in [0.29, 0.717) is 6.04 Å². The molecule has 3 heterocycles. The second-order valence-corrected chi connectivity index (χ2v) is 5.50. The van der Waals surface area contributed by atoms with Gasteiger partial charge in [0.15, 0.2) is 0 Å². The molecule has 0 N–H and O–H groups in total. The van der Waals surface area contributed by atoms with E-state index in [4.69, 9.17) is 4.74 Å². The van der Waals surface area contributed by atoms with Crippen molar-refractivity contribution in [3.05, 3.63) is 28.4 Å². The van der Waals surface area contributed by atoms with Gasteiger partial charge in [-0.05, 0) is 18.9 Å². The van der Waals surface area contributed by atoms with Crippen molar-refractivity contribution in [1.29, 1.82) is 0 Å². The molecular weight excluding hydrogens is 272 g/mol. The predicted octanol–water partition coefficient (Wildman–Crippen LogP) is 1.29. The minimum Gasteiger partial charge on any atom is -0.379 e. The Morgan fingerprint density at radius 3 is 2.48 bits per heavy atom. The summed E-state index contributed by atoms with van der Waals surface area (Å²) in [6.07, 6.45) is 3.56. The van der Waals surface area contributed by atoms with Crippen LogP contribution in [0.4, 0.5) is 11.5 Å². The van der Waals surface area contributed by atoms with Gasteiger partial charge in [0.25, 0.3) is 5.69 Å². The number of morpholine rings is 1. The van der Waals surface area contributed by atoms with E-state index in [-0.39, 0.29) is 5.69 Å². The Morgan fingerprint density at radius 1 is 1.19 bits per heavy atom. The first-order valence-electron chi connectivity index (χ1n) is 7.41. The van der Waals surface area contributed by atoms with Crippen molar-refractivity contribution in [1.82, 2.24) is 9.88 Å². The number of anilines is 1. The molecule has 1 aromatic rings. The summed E-state index contributed by atoms with van der Waals surface area (Å²) >= 11 is 0. The van der Waals surface area contributed by atoms with Crippen molar-refractivity contribution < 1.29 is 9.66 Å². The molecule has 114 valence electrons. The third-order valence-electron chi connectivity index (χ3n) is 4.29. The van der Waals surface area contributed by atoms with Gasteiger partial charge in [0.1, 0.15) is 12.0 Å². The van der Waals surface area contributed by atoms with E-state index in [1.165, 1.54) is 12.3 Å². The third kappa shape index (κ3) is 3.30. The number of hydrogen-bond donors (Lipinski definition) is 0. The highest BCUT2D eigenvalue weighted by atomic mass is 16.6. The summed E-state index contributed by atoms with van der Waals surface area (Å²) in [4.78, 5) is 19.2. The van der Waals surface area contributed by atoms with Crippen molar-refractivity contribution in [2.24, 2.45) is 0 Å². The molecule has 1 aromatic heterocycles. The van der Waals surface area contributed by atoms with Gasteiger partial charge in [-0.15, -0.1) is 0 Å². The quantitative estimate of drug-likeness (QED) is 0.617. The largest absolute Gasteiger partial charge is 0.379 e. The van der Waals surface area contributed by atoms with Gasteiger partial charge in [-0.3, -0.25) is 15.0 Å². The van der Waals surface area contributed by atoms with Crippen molar-refractivity contribution in [3.63, 3.8) is 0 Å². The molecule has 21 heavy (non-hydrogen) atoms. The molecule has 0 bridgehead atoms. The predicted molar refractivity (Wildman–Crippen MR) is 78.5 cm³/mol. The van der Waals surface area contributed by atoms with Crippen molar-refractivity contribution in [3.8, 4) is 0 Å². The van der Waals surface area contributed by atoms with Crippen LogP contribution in [-0.4, -0.2) is 60.2 Å². The summed E-state index contributed by atoms with van der Waals surface area (Å²) in [5.41, 5.74) is 0.0435. The minimum atomic E-state index is -0.415. The fraction of sp³-hybridized carbons (Fsp3) is 0.643. The number of nitrogens with zero attached hydrogens (tertiary/aromatic N) is 4. The van der Waals surface area contributed by atoms with E-state index in [2.05, 4.69) is 14.8 Å². The number of rotatable bonds is 3. The lowest BCUT2D eigenvalue weighted by atomic mass is 10.0. The molecule has 0 amide bonds. The van der Waals surface area contributed by atoms with E-state index in [0.717, 1.165) is 58.1 Å². The molecule has 0 aliphatic carbocycles. The Labute approximate surface area is 123 Å². The molecule has 0 unspecified atom stereocenters. The highest BCUT2D eigenvalue weighted by Gasteiger charge is 2.26. The van der Waals surface area contributed by atoms with E-state index in [1.54, 1.807) is 6.07 Å². The minimum absolute atomic E-state index is 0.0435. The zero-order valence-corrected chi connectivity index (χ0v) is 12.0. The molecule has 7 heteroatoms. The zero-order chi connectivity index (χ0) is 14.7. The van der Waals surface area contributed by atoms with Crippen LogP contribution in [0, 0.1) is 10.1 Å². The van der Waals surface area contributed by atoms with Crippen molar-refractivity contribution in [2.45, 2.75) is 18.9 Å². The van der Waals surface area contributed by atoms with Crippen LogP contribution >= 0.6 is 0 Å². The van der Waals surface area contributed by atoms with Gasteiger partial charge >= 0.3 is 0 Å². The molecular formula is C14H20N4O3. The lowest BCUT2D eigenvalue weighted by Crippen LogP contribution is -2.49. The topological polar surface area (TPSA) is 71.7 Å². The standard InChI is InChI=1S/C14H20N4O3/c19-18(20)13-1-2-14(15-11-13)17-5-3-12(4-6-17)16-7-9-21-10-8-16/h1-2,11-12H,3-10H2. The Hall–Kier alpha value is -1.73. The molecule has 0 radical (unpaired) electrons. The summed E-state index contributed by atoms with van der Waals surface area (Å²) in [5, 5.41) is 10.6. The van der Waals surface area contributed by atoms with Gasteiger partial charge in [-0.1, -0.05) is 0 Å². The van der Waals surface area contributed by atoms with Crippen LogP contribution in [0.3, 0.4) is 0 Å². The summed E-state index contributed by atoms with van der Waals surface area (Å²) in [6, 6.07) is 3.90. The molecule has 7 nitrogen and oxygen atoms in total. The number of nitro groups is 1. The van der Waals surface area contributed by atoms with Crippen LogP contribution in [0.2, 0.25) is 0 Å². The van der Waals surface area contributed by atoms with E-state index >= 15 is 0 Å². The molecule has 2 aliphatic rings. The highest BCUT2D eigenvalue weighted by Crippen LogP contribution is 2.23.